The molecule has 0 radical (unpaired) electrons. The lowest BCUT2D eigenvalue weighted by atomic mass is 10.00. The van der Waals surface area contributed by atoms with Crippen LogP contribution in [0, 0.1) is 0 Å². The molecule has 5 heteroatoms. The summed E-state index contributed by atoms with van der Waals surface area (Å²) in [4.78, 5) is 0. The van der Waals surface area contributed by atoms with Crippen LogP contribution in [0.4, 0.5) is 0 Å². The minimum Gasteiger partial charge on any atom is -0.368 e. The summed E-state index contributed by atoms with van der Waals surface area (Å²) in [6.45, 7) is -6.94. The van der Waals surface area contributed by atoms with Crippen LogP contribution in [0.1, 0.15) is 24.9 Å². The largest absolute Gasteiger partial charge is 0.368 e. The third-order valence-electron chi connectivity index (χ3n) is 5.28. The van der Waals surface area contributed by atoms with E-state index in [1.165, 1.54) is 0 Å². The molecule has 5 rings (SSSR count). The average molecular weight is 439 g/mol. The highest BCUT2D eigenvalue weighted by Gasteiger charge is 2.52. The molecule has 0 aromatic heterocycles. The van der Waals surface area contributed by atoms with Gasteiger partial charge in [0.25, 0.3) is 0 Å². The number of hydrogen-bond donors (Lipinski definition) is 0. The lowest BCUT2D eigenvalue weighted by Crippen LogP contribution is -2.56. The van der Waals surface area contributed by atoms with E-state index in [0.29, 0.717) is 0 Å². The van der Waals surface area contributed by atoms with E-state index in [4.69, 9.17) is 31.9 Å². The Balaban J connectivity index is 1.51. The van der Waals surface area contributed by atoms with Crippen molar-refractivity contribution in [2.24, 2.45) is 0 Å². The van der Waals surface area contributed by atoms with Gasteiger partial charge in [-0.1, -0.05) is 91.0 Å². The quantitative estimate of drug-likeness (QED) is 0.492. The monoisotopic (exact) mass is 438 g/mol. The van der Waals surface area contributed by atoms with Crippen LogP contribution < -0.4 is 0 Å². The van der Waals surface area contributed by atoms with Crippen LogP contribution in [0.15, 0.2) is 91.0 Å². The molecule has 5 atom stereocenters. The molecular formula is C27H28O5. The molecule has 2 aliphatic rings. The van der Waals surface area contributed by atoms with E-state index in [0.717, 1.165) is 0 Å². The van der Waals surface area contributed by atoms with Crippen molar-refractivity contribution in [2.75, 3.05) is 6.61 Å². The fourth-order valence-electron chi connectivity index (χ4n) is 3.66. The Hall–Kier alpha value is -2.54. The summed E-state index contributed by atoms with van der Waals surface area (Å²) in [6.07, 6.45) is -5.65. The van der Waals surface area contributed by atoms with Gasteiger partial charge in [0, 0.05) is 0 Å². The number of ether oxygens (including phenoxy) is 5. The molecule has 5 nitrogen and oxygen atoms in total. The molecule has 2 saturated heterocycles. The highest BCUT2D eigenvalue weighted by Crippen LogP contribution is 2.35. The van der Waals surface area contributed by atoms with E-state index >= 15 is 0 Å². The average Bonchev–Trinajstić information content (AvgIpc) is 3.36. The van der Waals surface area contributed by atoms with E-state index < -0.39 is 50.4 Å². The van der Waals surface area contributed by atoms with E-state index in [2.05, 4.69) is 0 Å². The summed E-state index contributed by atoms with van der Waals surface area (Å²) in [5, 5.41) is 0. The van der Waals surface area contributed by atoms with Gasteiger partial charge in [0.15, 0.2) is 6.29 Å². The van der Waals surface area contributed by atoms with Gasteiger partial charge in [-0.05, 0) is 16.7 Å². The summed E-state index contributed by atoms with van der Waals surface area (Å²) in [7, 11) is 0. The molecule has 0 aliphatic carbocycles. The Morgan fingerprint density at radius 1 is 0.625 bits per heavy atom. The summed E-state index contributed by atoms with van der Waals surface area (Å²) >= 11 is 0. The highest BCUT2D eigenvalue weighted by molar-refractivity contribution is 5.15. The molecular weight excluding hydrogens is 404 g/mol. The predicted molar refractivity (Wildman–Crippen MR) is 120 cm³/mol. The molecule has 166 valence electrons. The second-order valence-electron chi connectivity index (χ2n) is 7.53. The SMILES string of the molecule is [2H]C([2H])(O[C@H]1[C@@H](OC([2H])([2H])c2ccccc2)[C@H]2CO[C@H](O2)[C@@H]1OC([2H])([2H])c1ccccc1)c1ccccc1. The van der Waals surface area contributed by atoms with Crippen molar-refractivity contribution < 1.29 is 31.9 Å². The topological polar surface area (TPSA) is 46.2 Å². The summed E-state index contributed by atoms with van der Waals surface area (Å²) in [5.74, 6) is 0. The van der Waals surface area contributed by atoms with Crippen LogP contribution in [0.2, 0.25) is 0 Å². The van der Waals surface area contributed by atoms with E-state index in [-0.39, 0.29) is 23.3 Å². The second-order valence-corrected chi connectivity index (χ2v) is 7.53. The normalized spacial score (nSPS) is 30.9. The van der Waals surface area contributed by atoms with Crippen LogP contribution in [-0.4, -0.2) is 37.3 Å². The van der Waals surface area contributed by atoms with Crippen molar-refractivity contribution in [2.45, 2.75) is 50.4 Å². The molecule has 3 aromatic carbocycles. The number of hydrogen-bond acceptors (Lipinski definition) is 5. The predicted octanol–water partition coefficient (Wildman–Crippen LogP) is 4.50. The van der Waals surface area contributed by atoms with Crippen LogP contribution in [0.3, 0.4) is 0 Å². The van der Waals surface area contributed by atoms with Gasteiger partial charge in [0.2, 0.25) is 0 Å². The minimum atomic E-state index is -2.34. The molecule has 2 fully saturated rings. The van der Waals surface area contributed by atoms with Gasteiger partial charge in [0.05, 0.1) is 34.5 Å². The van der Waals surface area contributed by atoms with E-state index in [1.54, 1.807) is 91.0 Å². The van der Waals surface area contributed by atoms with Gasteiger partial charge >= 0.3 is 0 Å². The summed E-state index contributed by atoms with van der Waals surface area (Å²) in [6, 6.07) is 24.8. The minimum absolute atomic E-state index is 0.0165. The van der Waals surface area contributed by atoms with Crippen molar-refractivity contribution in [3.8, 4) is 0 Å². The lowest BCUT2D eigenvalue weighted by molar-refractivity contribution is -0.268. The fourth-order valence-corrected chi connectivity index (χ4v) is 3.66. The van der Waals surface area contributed by atoms with Crippen LogP contribution in [0.5, 0.6) is 0 Å². The fraction of sp³-hybridized carbons (Fsp3) is 0.333. The zero-order chi connectivity index (χ0) is 27.0. The maximum absolute atomic E-state index is 8.69. The molecule has 2 heterocycles. The molecule has 0 unspecified atom stereocenters. The number of fused-ring (bicyclic) bond motifs is 2. The molecule has 2 aliphatic heterocycles. The maximum atomic E-state index is 8.69. The Morgan fingerprint density at radius 2 is 1.06 bits per heavy atom. The molecule has 0 N–H and O–H groups in total. The molecule has 3 aromatic rings. The number of benzene rings is 3. The van der Waals surface area contributed by atoms with Gasteiger partial charge in [-0.3, -0.25) is 0 Å². The smallest absolute Gasteiger partial charge is 0.187 e. The van der Waals surface area contributed by atoms with Crippen molar-refractivity contribution in [3.05, 3.63) is 108 Å². The first-order valence-electron chi connectivity index (χ1n) is 13.5. The Bertz CT molecular complexity index is 1130. The first-order valence-corrected chi connectivity index (χ1v) is 10.5. The first-order chi connectivity index (χ1) is 18.1. The van der Waals surface area contributed by atoms with Gasteiger partial charge in [0.1, 0.15) is 24.4 Å². The van der Waals surface area contributed by atoms with Crippen LogP contribution in [-0.2, 0) is 43.4 Å². The van der Waals surface area contributed by atoms with E-state index in [1.807, 2.05) is 0 Å². The van der Waals surface area contributed by atoms with E-state index in [9.17, 15) is 0 Å². The molecule has 0 saturated carbocycles. The number of rotatable bonds is 9. The van der Waals surface area contributed by atoms with Gasteiger partial charge in [-0.15, -0.1) is 0 Å². The van der Waals surface area contributed by atoms with Crippen molar-refractivity contribution in [1.82, 2.24) is 0 Å². The summed E-state index contributed by atoms with van der Waals surface area (Å²) in [5.41, 5.74) is 0.722. The zero-order valence-electron chi connectivity index (χ0n) is 23.3. The van der Waals surface area contributed by atoms with Crippen molar-refractivity contribution in [1.29, 1.82) is 0 Å². The van der Waals surface area contributed by atoms with Gasteiger partial charge in [-0.2, -0.15) is 0 Å². The molecule has 0 spiro atoms. The molecule has 32 heavy (non-hydrogen) atoms. The van der Waals surface area contributed by atoms with Gasteiger partial charge < -0.3 is 23.7 Å². The third kappa shape index (κ3) is 5.09. The zero-order valence-corrected chi connectivity index (χ0v) is 17.3. The lowest BCUT2D eigenvalue weighted by Gasteiger charge is -2.40. The molecule has 2 bridgehead atoms. The highest BCUT2D eigenvalue weighted by atomic mass is 16.8. The van der Waals surface area contributed by atoms with Crippen molar-refractivity contribution in [3.63, 3.8) is 0 Å². The molecule has 0 amide bonds. The summed E-state index contributed by atoms with van der Waals surface area (Å²) < 4.78 is 81.5. The Morgan fingerprint density at radius 3 is 1.56 bits per heavy atom. The first kappa shape index (κ1) is 15.3. The standard InChI is InChI=1S/C27H28O5/c1-4-10-20(11-5-1)16-28-24-23-19-31-27(32-23)26(30-18-22-14-8-3-9-15-22)25(24)29-17-21-12-6-2-7-13-21/h1-15,23-27H,16-19H2/t23-,24+,25+,26-,27-/m1/s1/i16D2,17D2,18D2. The second kappa shape index (κ2) is 10.4. The maximum Gasteiger partial charge on any atom is 0.187 e. The Kier molecular flexibility index (Phi) is 4.97. The van der Waals surface area contributed by atoms with Crippen LogP contribution in [0.25, 0.3) is 0 Å². The van der Waals surface area contributed by atoms with Crippen molar-refractivity contribution >= 4 is 0 Å². The third-order valence-corrected chi connectivity index (χ3v) is 5.28. The van der Waals surface area contributed by atoms with Crippen LogP contribution >= 0.6 is 0 Å². The Labute approximate surface area is 197 Å². The van der Waals surface area contributed by atoms with Gasteiger partial charge in [-0.25, -0.2) is 0 Å².